The number of methoxy groups -OCH3 is 1. The first-order chi connectivity index (χ1) is 9.60. The molecule has 0 fully saturated rings. The average molecular weight is 269 g/mol. The summed E-state index contributed by atoms with van der Waals surface area (Å²) in [6.45, 7) is 4.32. The minimum atomic E-state index is 0.159. The molecule has 0 radical (unpaired) electrons. The number of benzene rings is 2. The minimum absolute atomic E-state index is 0.159. The fourth-order valence-electron chi connectivity index (χ4n) is 1.85. The summed E-state index contributed by atoms with van der Waals surface area (Å²) in [4.78, 5) is 4.37. The fraction of sp³-hybridized carbons (Fsp3) is 0.235. The van der Waals surface area contributed by atoms with Crippen LogP contribution in [-0.4, -0.2) is 18.4 Å². The first kappa shape index (κ1) is 14.1. The van der Waals surface area contributed by atoms with Crippen molar-refractivity contribution < 1.29 is 9.84 Å². The maximum absolute atomic E-state index is 9.85. The van der Waals surface area contributed by atoms with E-state index < -0.39 is 0 Å². The van der Waals surface area contributed by atoms with Crippen LogP contribution < -0.4 is 4.74 Å². The van der Waals surface area contributed by atoms with Gasteiger partial charge in [-0.25, -0.2) is 0 Å². The monoisotopic (exact) mass is 269 g/mol. The van der Waals surface area contributed by atoms with Crippen LogP contribution in [-0.2, 0) is 0 Å². The lowest BCUT2D eigenvalue weighted by atomic mass is 10.0. The Hall–Kier alpha value is -2.29. The van der Waals surface area contributed by atoms with Crippen molar-refractivity contribution in [2.45, 2.75) is 19.8 Å². The first-order valence-electron chi connectivity index (χ1n) is 6.61. The van der Waals surface area contributed by atoms with Crippen molar-refractivity contribution in [1.29, 1.82) is 0 Å². The standard InChI is InChI=1S/C17H19NO2/c1-12(2)13-4-7-15(8-5-13)18-11-14-6-9-16(20-3)10-17(14)19/h4-12,19H,1-3H3/b18-11+. The van der Waals surface area contributed by atoms with Crippen LogP contribution in [0.5, 0.6) is 11.5 Å². The predicted molar refractivity (Wildman–Crippen MR) is 82.4 cm³/mol. The SMILES string of the molecule is COc1ccc(/C=N/c2ccc(C(C)C)cc2)c(O)c1. The number of ether oxygens (including phenoxy) is 1. The third kappa shape index (κ3) is 3.38. The highest BCUT2D eigenvalue weighted by Gasteiger charge is 2.01. The molecular formula is C17H19NO2. The van der Waals surface area contributed by atoms with Gasteiger partial charge in [0, 0.05) is 17.8 Å². The second kappa shape index (κ2) is 6.24. The van der Waals surface area contributed by atoms with E-state index in [0.29, 0.717) is 17.2 Å². The molecule has 2 aromatic carbocycles. The molecule has 3 nitrogen and oxygen atoms in total. The lowest BCUT2D eigenvalue weighted by Crippen LogP contribution is -1.87. The zero-order valence-corrected chi connectivity index (χ0v) is 12.0. The van der Waals surface area contributed by atoms with Gasteiger partial charge in [0.15, 0.2) is 0 Å². The van der Waals surface area contributed by atoms with Crippen LogP contribution in [0.15, 0.2) is 47.5 Å². The molecule has 2 aromatic rings. The Labute approximate surface area is 119 Å². The summed E-state index contributed by atoms with van der Waals surface area (Å²) in [6.07, 6.45) is 1.65. The molecule has 0 unspecified atom stereocenters. The molecule has 0 saturated heterocycles. The summed E-state index contributed by atoms with van der Waals surface area (Å²) in [7, 11) is 1.57. The average Bonchev–Trinajstić information content (AvgIpc) is 2.46. The lowest BCUT2D eigenvalue weighted by molar-refractivity contribution is 0.407. The number of aromatic hydroxyl groups is 1. The van der Waals surface area contributed by atoms with Crippen molar-refractivity contribution in [3.8, 4) is 11.5 Å². The number of aliphatic imine (C=N–C) groups is 1. The van der Waals surface area contributed by atoms with Gasteiger partial charge in [0.05, 0.1) is 12.8 Å². The number of phenolic OH excluding ortho intramolecular Hbond substituents is 1. The highest BCUT2D eigenvalue weighted by molar-refractivity contribution is 5.85. The zero-order chi connectivity index (χ0) is 14.5. The third-order valence-electron chi connectivity index (χ3n) is 3.15. The van der Waals surface area contributed by atoms with E-state index >= 15 is 0 Å². The van der Waals surface area contributed by atoms with Gasteiger partial charge in [-0.1, -0.05) is 26.0 Å². The van der Waals surface area contributed by atoms with Crippen molar-refractivity contribution in [3.63, 3.8) is 0 Å². The predicted octanol–water partition coefficient (Wildman–Crippen LogP) is 4.27. The first-order valence-corrected chi connectivity index (χ1v) is 6.61. The molecule has 104 valence electrons. The van der Waals surface area contributed by atoms with E-state index in [1.807, 2.05) is 12.1 Å². The Morgan fingerprint density at radius 3 is 2.35 bits per heavy atom. The summed E-state index contributed by atoms with van der Waals surface area (Å²) in [5.74, 6) is 1.30. The van der Waals surface area contributed by atoms with E-state index in [2.05, 4.69) is 31.0 Å². The van der Waals surface area contributed by atoms with Gasteiger partial charge in [-0.2, -0.15) is 0 Å². The molecule has 0 amide bonds. The minimum Gasteiger partial charge on any atom is -0.507 e. The van der Waals surface area contributed by atoms with Crippen molar-refractivity contribution in [3.05, 3.63) is 53.6 Å². The van der Waals surface area contributed by atoms with Crippen LogP contribution in [0.2, 0.25) is 0 Å². The molecule has 0 atom stereocenters. The molecule has 0 heterocycles. The third-order valence-corrected chi connectivity index (χ3v) is 3.15. The van der Waals surface area contributed by atoms with E-state index in [4.69, 9.17) is 4.74 Å². The quantitative estimate of drug-likeness (QED) is 0.842. The fourth-order valence-corrected chi connectivity index (χ4v) is 1.85. The number of hydrogen-bond donors (Lipinski definition) is 1. The second-order valence-corrected chi connectivity index (χ2v) is 4.93. The smallest absolute Gasteiger partial charge is 0.128 e. The second-order valence-electron chi connectivity index (χ2n) is 4.93. The molecule has 0 saturated carbocycles. The van der Waals surface area contributed by atoms with Crippen LogP contribution in [0.25, 0.3) is 0 Å². The van der Waals surface area contributed by atoms with E-state index in [1.54, 1.807) is 31.5 Å². The molecule has 0 aliphatic heterocycles. The van der Waals surface area contributed by atoms with E-state index in [1.165, 1.54) is 5.56 Å². The van der Waals surface area contributed by atoms with Gasteiger partial charge < -0.3 is 9.84 Å². The number of rotatable bonds is 4. The van der Waals surface area contributed by atoms with Gasteiger partial charge in [0.1, 0.15) is 11.5 Å². The molecule has 1 N–H and O–H groups in total. The topological polar surface area (TPSA) is 41.8 Å². The highest BCUT2D eigenvalue weighted by atomic mass is 16.5. The largest absolute Gasteiger partial charge is 0.507 e. The van der Waals surface area contributed by atoms with E-state index in [-0.39, 0.29) is 5.75 Å². The van der Waals surface area contributed by atoms with E-state index in [9.17, 15) is 5.11 Å². The molecule has 2 rings (SSSR count). The maximum Gasteiger partial charge on any atom is 0.128 e. The van der Waals surface area contributed by atoms with Crippen molar-refractivity contribution >= 4 is 11.9 Å². The van der Waals surface area contributed by atoms with Gasteiger partial charge in [-0.15, -0.1) is 0 Å². The molecular weight excluding hydrogens is 250 g/mol. The van der Waals surface area contributed by atoms with Gasteiger partial charge in [0.2, 0.25) is 0 Å². The van der Waals surface area contributed by atoms with E-state index in [0.717, 1.165) is 5.69 Å². The molecule has 0 aliphatic carbocycles. The Morgan fingerprint density at radius 2 is 1.80 bits per heavy atom. The molecule has 20 heavy (non-hydrogen) atoms. The van der Waals surface area contributed by atoms with Crippen LogP contribution in [0.3, 0.4) is 0 Å². The van der Waals surface area contributed by atoms with Gasteiger partial charge >= 0.3 is 0 Å². The van der Waals surface area contributed by atoms with Crippen molar-refractivity contribution in [1.82, 2.24) is 0 Å². The molecule has 0 aromatic heterocycles. The van der Waals surface area contributed by atoms with Gasteiger partial charge in [-0.3, -0.25) is 4.99 Å². The van der Waals surface area contributed by atoms with Crippen molar-refractivity contribution in [2.75, 3.05) is 7.11 Å². The number of nitrogens with zero attached hydrogens (tertiary/aromatic N) is 1. The maximum atomic E-state index is 9.85. The Balaban J connectivity index is 2.16. The Bertz CT molecular complexity index is 601. The molecule has 3 heteroatoms. The molecule has 0 aliphatic rings. The molecule has 0 bridgehead atoms. The number of hydrogen-bond acceptors (Lipinski definition) is 3. The van der Waals surface area contributed by atoms with Crippen LogP contribution >= 0.6 is 0 Å². The summed E-state index contributed by atoms with van der Waals surface area (Å²) in [6, 6.07) is 13.3. The number of phenols is 1. The van der Waals surface area contributed by atoms with Gasteiger partial charge in [-0.05, 0) is 35.7 Å². The van der Waals surface area contributed by atoms with Crippen LogP contribution in [0, 0.1) is 0 Å². The van der Waals surface area contributed by atoms with Crippen LogP contribution in [0.4, 0.5) is 5.69 Å². The Morgan fingerprint density at radius 1 is 1.10 bits per heavy atom. The lowest BCUT2D eigenvalue weighted by Gasteiger charge is -2.05. The molecule has 0 spiro atoms. The Kier molecular flexibility index (Phi) is 4.41. The normalized spacial score (nSPS) is 11.2. The summed E-state index contributed by atoms with van der Waals surface area (Å²) in [5.41, 5.74) is 2.82. The summed E-state index contributed by atoms with van der Waals surface area (Å²) >= 11 is 0. The summed E-state index contributed by atoms with van der Waals surface area (Å²) < 4.78 is 5.04. The highest BCUT2D eigenvalue weighted by Crippen LogP contribution is 2.23. The summed E-state index contributed by atoms with van der Waals surface area (Å²) in [5, 5.41) is 9.85. The zero-order valence-electron chi connectivity index (χ0n) is 12.0. The van der Waals surface area contributed by atoms with Crippen molar-refractivity contribution in [2.24, 2.45) is 4.99 Å². The van der Waals surface area contributed by atoms with Crippen LogP contribution in [0.1, 0.15) is 30.9 Å². The van der Waals surface area contributed by atoms with Gasteiger partial charge in [0.25, 0.3) is 0 Å².